The smallest absolute Gasteiger partial charge is 0.222 e. The van der Waals surface area contributed by atoms with Crippen LogP contribution < -0.4 is 0 Å². The molecule has 2 aliphatic rings. The predicted octanol–water partition coefficient (Wildman–Crippen LogP) is 2.30. The lowest BCUT2D eigenvalue weighted by molar-refractivity contribution is -0.144. The molecule has 3 rings (SSSR count). The molecular formula is C19H30N4O2. The Balaban J connectivity index is 1.48. The minimum atomic E-state index is 0.260. The van der Waals surface area contributed by atoms with E-state index in [1.54, 1.807) is 12.5 Å². The topological polar surface area (TPSA) is 58.4 Å². The number of carbonyl (C=O) groups is 2. The van der Waals surface area contributed by atoms with E-state index >= 15 is 0 Å². The van der Waals surface area contributed by atoms with E-state index < -0.39 is 0 Å². The number of carbonyl (C=O) groups excluding carboxylic acids is 2. The van der Waals surface area contributed by atoms with Crippen molar-refractivity contribution in [3.05, 3.63) is 18.7 Å². The second kappa shape index (κ2) is 8.50. The van der Waals surface area contributed by atoms with Gasteiger partial charge < -0.3 is 14.4 Å². The number of aromatic nitrogens is 2. The van der Waals surface area contributed by atoms with Crippen LogP contribution in [-0.2, 0) is 16.1 Å². The lowest BCUT2D eigenvalue weighted by Crippen LogP contribution is -2.57. The summed E-state index contributed by atoms with van der Waals surface area (Å²) < 4.78 is 2.01. The highest BCUT2D eigenvalue weighted by Gasteiger charge is 2.39. The van der Waals surface area contributed by atoms with Crippen molar-refractivity contribution in [3.63, 3.8) is 0 Å². The Hall–Kier alpha value is -1.85. The molecule has 0 bridgehead atoms. The van der Waals surface area contributed by atoms with Gasteiger partial charge in [-0.05, 0) is 31.6 Å². The lowest BCUT2D eigenvalue weighted by atomic mass is 9.83. The molecule has 0 saturated carbocycles. The first kappa shape index (κ1) is 18.0. The highest BCUT2D eigenvalue weighted by molar-refractivity contribution is 5.78. The highest BCUT2D eigenvalue weighted by atomic mass is 16.2. The van der Waals surface area contributed by atoms with Gasteiger partial charge in [0.2, 0.25) is 11.8 Å². The molecule has 2 atom stereocenters. The minimum Gasteiger partial charge on any atom is -0.342 e. The van der Waals surface area contributed by atoms with E-state index in [-0.39, 0.29) is 5.91 Å². The van der Waals surface area contributed by atoms with E-state index in [0.29, 0.717) is 30.7 Å². The second-order valence-electron chi connectivity index (χ2n) is 7.34. The van der Waals surface area contributed by atoms with Crippen LogP contribution in [0.25, 0.3) is 0 Å². The van der Waals surface area contributed by atoms with Gasteiger partial charge in [0.1, 0.15) is 0 Å². The number of piperidine rings is 2. The monoisotopic (exact) mass is 346 g/mol. The molecule has 1 aromatic rings. The van der Waals surface area contributed by atoms with E-state index in [2.05, 4.69) is 16.8 Å². The van der Waals surface area contributed by atoms with Gasteiger partial charge >= 0.3 is 0 Å². The van der Waals surface area contributed by atoms with Gasteiger partial charge in [0.05, 0.1) is 6.33 Å². The van der Waals surface area contributed by atoms with Gasteiger partial charge in [-0.1, -0.05) is 13.3 Å². The number of fused-ring (bicyclic) bond motifs is 1. The van der Waals surface area contributed by atoms with Crippen LogP contribution in [0.2, 0.25) is 0 Å². The van der Waals surface area contributed by atoms with Gasteiger partial charge in [-0.15, -0.1) is 0 Å². The van der Waals surface area contributed by atoms with Gasteiger partial charge in [0, 0.05) is 57.5 Å². The summed E-state index contributed by atoms with van der Waals surface area (Å²) in [7, 11) is 0. The molecule has 0 unspecified atom stereocenters. The van der Waals surface area contributed by atoms with Crippen molar-refractivity contribution in [2.75, 3.05) is 19.6 Å². The van der Waals surface area contributed by atoms with E-state index in [1.165, 1.54) is 0 Å². The third-order valence-electron chi connectivity index (χ3n) is 5.61. The molecule has 3 heterocycles. The van der Waals surface area contributed by atoms with E-state index in [1.807, 2.05) is 15.7 Å². The predicted molar refractivity (Wildman–Crippen MR) is 95.8 cm³/mol. The van der Waals surface area contributed by atoms with Gasteiger partial charge in [0.15, 0.2) is 0 Å². The molecule has 2 fully saturated rings. The van der Waals surface area contributed by atoms with Gasteiger partial charge in [-0.25, -0.2) is 4.98 Å². The second-order valence-corrected chi connectivity index (χ2v) is 7.34. The Morgan fingerprint density at radius 2 is 2.16 bits per heavy atom. The molecule has 1 aromatic heterocycles. The largest absolute Gasteiger partial charge is 0.342 e. The summed E-state index contributed by atoms with van der Waals surface area (Å²) in [6.45, 7) is 5.50. The molecule has 6 nitrogen and oxygen atoms in total. The van der Waals surface area contributed by atoms with Crippen molar-refractivity contribution in [1.82, 2.24) is 19.4 Å². The molecule has 2 amide bonds. The van der Waals surface area contributed by atoms with E-state index in [0.717, 1.165) is 58.3 Å². The fraction of sp³-hybridized carbons (Fsp3) is 0.737. The third kappa shape index (κ3) is 4.41. The molecule has 0 N–H and O–H groups in total. The van der Waals surface area contributed by atoms with Crippen LogP contribution in [0.1, 0.15) is 51.9 Å². The van der Waals surface area contributed by atoms with Crippen LogP contribution in [-0.4, -0.2) is 56.8 Å². The maximum atomic E-state index is 12.5. The van der Waals surface area contributed by atoms with Crippen molar-refractivity contribution in [2.45, 2.75) is 64.5 Å². The maximum Gasteiger partial charge on any atom is 0.222 e. The molecule has 0 aliphatic carbocycles. The van der Waals surface area contributed by atoms with Crippen LogP contribution in [0, 0.1) is 5.92 Å². The number of imidazole rings is 1. The first-order valence-corrected chi connectivity index (χ1v) is 9.72. The zero-order valence-corrected chi connectivity index (χ0v) is 15.3. The number of hydrogen-bond acceptors (Lipinski definition) is 3. The van der Waals surface area contributed by atoms with Crippen LogP contribution >= 0.6 is 0 Å². The van der Waals surface area contributed by atoms with Crippen molar-refractivity contribution in [1.29, 1.82) is 0 Å². The molecule has 25 heavy (non-hydrogen) atoms. The molecule has 0 radical (unpaired) electrons. The average Bonchev–Trinajstić information content (AvgIpc) is 3.14. The highest BCUT2D eigenvalue weighted by Crippen LogP contribution is 2.31. The zero-order chi connectivity index (χ0) is 17.6. The van der Waals surface area contributed by atoms with Crippen LogP contribution in [0.5, 0.6) is 0 Å². The molecule has 0 spiro atoms. The Morgan fingerprint density at radius 1 is 1.28 bits per heavy atom. The third-order valence-corrected chi connectivity index (χ3v) is 5.61. The maximum absolute atomic E-state index is 12.5. The summed E-state index contributed by atoms with van der Waals surface area (Å²) in [6.07, 6.45) is 11.6. The van der Waals surface area contributed by atoms with Crippen molar-refractivity contribution in [3.8, 4) is 0 Å². The summed E-state index contributed by atoms with van der Waals surface area (Å²) in [4.78, 5) is 33.0. The molecule has 0 aromatic carbocycles. The SMILES string of the molecule is CCCCN1C(=O)CC[C@H]2CN(C(=O)CCCn3ccnc3)CC[C@H]21. The number of hydrogen-bond donors (Lipinski definition) is 0. The quantitative estimate of drug-likeness (QED) is 0.761. The average molecular weight is 346 g/mol. The van der Waals surface area contributed by atoms with Crippen LogP contribution in [0.4, 0.5) is 0 Å². The number of aryl methyl sites for hydroxylation is 1. The van der Waals surface area contributed by atoms with Gasteiger partial charge in [-0.3, -0.25) is 9.59 Å². The fourth-order valence-electron chi connectivity index (χ4n) is 4.19. The molecular weight excluding hydrogens is 316 g/mol. The normalized spacial score (nSPS) is 23.6. The van der Waals surface area contributed by atoms with Crippen molar-refractivity contribution in [2.24, 2.45) is 5.92 Å². The zero-order valence-electron chi connectivity index (χ0n) is 15.3. The van der Waals surface area contributed by atoms with E-state index in [4.69, 9.17) is 0 Å². The standard InChI is InChI=1S/C19H30N4O2/c1-2-3-11-23-17-8-12-22(14-16(17)6-7-19(23)25)18(24)5-4-10-21-13-9-20-15-21/h9,13,15-17H,2-8,10-12,14H2,1H3/t16-,17+/m0/s1. The summed E-state index contributed by atoms with van der Waals surface area (Å²) >= 11 is 0. The summed E-state index contributed by atoms with van der Waals surface area (Å²) in [6, 6.07) is 0.350. The Bertz CT molecular complexity index is 572. The molecule has 138 valence electrons. The fourth-order valence-corrected chi connectivity index (χ4v) is 4.19. The van der Waals surface area contributed by atoms with E-state index in [9.17, 15) is 9.59 Å². The number of nitrogens with zero attached hydrogens (tertiary/aromatic N) is 4. The summed E-state index contributed by atoms with van der Waals surface area (Å²) in [5.41, 5.74) is 0. The first-order chi connectivity index (χ1) is 12.2. The van der Waals surface area contributed by atoms with Crippen LogP contribution in [0.15, 0.2) is 18.7 Å². The first-order valence-electron chi connectivity index (χ1n) is 9.72. The minimum absolute atomic E-state index is 0.260. The summed E-state index contributed by atoms with van der Waals surface area (Å²) in [5.74, 6) is 1.03. The number of unbranched alkanes of at least 4 members (excludes halogenated alkanes) is 1. The molecule has 2 aliphatic heterocycles. The number of likely N-dealkylation sites (tertiary alicyclic amines) is 2. The number of amides is 2. The van der Waals surface area contributed by atoms with Crippen molar-refractivity contribution < 1.29 is 9.59 Å². The Labute approximate surface area is 150 Å². The van der Waals surface area contributed by atoms with Gasteiger partial charge in [-0.2, -0.15) is 0 Å². The van der Waals surface area contributed by atoms with Gasteiger partial charge in [0.25, 0.3) is 0 Å². The Kier molecular flexibility index (Phi) is 6.10. The molecule has 2 saturated heterocycles. The summed E-state index contributed by atoms with van der Waals surface area (Å²) in [5, 5.41) is 0. The van der Waals surface area contributed by atoms with Crippen LogP contribution in [0.3, 0.4) is 0 Å². The Morgan fingerprint density at radius 3 is 2.92 bits per heavy atom. The lowest BCUT2D eigenvalue weighted by Gasteiger charge is -2.47. The van der Waals surface area contributed by atoms with Crippen molar-refractivity contribution >= 4 is 11.8 Å². The molecule has 6 heteroatoms. The number of rotatable bonds is 7.